The van der Waals surface area contributed by atoms with Crippen LogP contribution in [0.15, 0.2) is 0 Å². The Labute approximate surface area is 177 Å². The van der Waals surface area contributed by atoms with Gasteiger partial charge >= 0.3 is 11.9 Å². The van der Waals surface area contributed by atoms with E-state index in [4.69, 9.17) is 24.1 Å². The first kappa shape index (κ1) is 23.6. The number of ether oxygens (including phenoxy) is 4. The van der Waals surface area contributed by atoms with Gasteiger partial charge in [-0.1, -0.05) is 25.7 Å². The standard InChI is InChI=1S/C22H32O8/c1-27-17-14-12-22(21(25)26,11-9-7-5-6-8-10-16(23)24)13-15(14)18(28-2)20(30-4)19(17)29-3/h5-13H2,1-4H3,(H,23,24)(H,25,26). The Morgan fingerprint density at radius 3 is 1.57 bits per heavy atom. The third-order valence-electron chi connectivity index (χ3n) is 5.88. The molecule has 1 aromatic rings. The van der Waals surface area contributed by atoms with E-state index in [2.05, 4.69) is 0 Å². The minimum Gasteiger partial charge on any atom is -0.492 e. The summed E-state index contributed by atoms with van der Waals surface area (Å²) in [6.07, 6.45) is 5.36. The van der Waals surface area contributed by atoms with Crippen LogP contribution in [0.25, 0.3) is 0 Å². The van der Waals surface area contributed by atoms with E-state index in [1.165, 1.54) is 28.4 Å². The second kappa shape index (κ2) is 10.4. The highest BCUT2D eigenvalue weighted by Gasteiger charge is 2.47. The maximum Gasteiger partial charge on any atom is 0.310 e. The minimum atomic E-state index is -0.943. The van der Waals surface area contributed by atoms with Gasteiger partial charge in [0.2, 0.25) is 11.5 Å². The number of unbranched alkanes of at least 4 members (excludes halogenated alkanes) is 4. The number of hydrogen-bond donors (Lipinski definition) is 2. The van der Waals surface area contributed by atoms with Crippen LogP contribution >= 0.6 is 0 Å². The maximum absolute atomic E-state index is 12.3. The summed E-state index contributed by atoms with van der Waals surface area (Å²) in [6, 6.07) is 0. The molecule has 8 heteroatoms. The highest BCUT2D eigenvalue weighted by Crippen LogP contribution is 2.56. The third kappa shape index (κ3) is 4.74. The van der Waals surface area contributed by atoms with Crippen LogP contribution in [0.3, 0.4) is 0 Å². The van der Waals surface area contributed by atoms with E-state index in [9.17, 15) is 14.7 Å². The molecule has 1 aliphatic carbocycles. The molecule has 2 N–H and O–H groups in total. The highest BCUT2D eigenvalue weighted by molar-refractivity contribution is 5.80. The fraction of sp³-hybridized carbons (Fsp3) is 0.636. The van der Waals surface area contributed by atoms with Gasteiger partial charge in [0.25, 0.3) is 0 Å². The van der Waals surface area contributed by atoms with Crippen LogP contribution < -0.4 is 18.9 Å². The summed E-state index contributed by atoms with van der Waals surface area (Å²) in [5.41, 5.74) is 0.633. The fourth-order valence-electron chi connectivity index (χ4n) is 4.38. The average Bonchev–Trinajstić information content (AvgIpc) is 3.11. The number of hydrogen-bond acceptors (Lipinski definition) is 6. The summed E-state index contributed by atoms with van der Waals surface area (Å²) in [6.45, 7) is 0. The topological polar surface area (TPSA) is 112 Å². The van der Waals surface area contributed by atoms with Gasteiger partial charge in [0.05, 0.1) is 33.9 Å². The Bertz CT molecular complexity index is 730. The number of benzene rings is 1. The molecule has 0 bridgehead atoms. The lowest BCUT2D eigenvalue weighted by molar-refractivity contribution is -0.149. The molecule has 0 spiro atoms. The summed E-state index contributed by atoms with van der Waals surface area (Å²) in [5, 5.41) is 18.8. The lowest BCUT2D eigenvalue weighted by Crippen LogP contribution is -2.31. The fourth-order valence-corrected chi connectivity index (χ4v) is 4.38. The van der Waals surface area contributed by atoms with E-state index in [0.29, 0.717) is 48.7 Å². The first-order valence-electron chi connectivity index (χ1n) is 10.2. The average molecular weight is 424 g/mol. The molecule has 0 unspecified atom stereocenters. The summed E-state index contributed by atoms with van der Waals surface area (Å²) >= 11 is 0. The predicted octanol–water partition coefficient (Wildman–Crippen LogP) is 3.71. The Balaban J connectivity index is 2.21. The van der Waals surface area contributed by atoms with E-state index in [-0.39, 0.29) is 6.42 Å². The quantitative estimate of drug-likeness (QED) is 0.461. The molecule has 168 valence electrons. The molecular weight excluding hydrogens is 392 g/mol. The first-order chi connectivity index (χ1) is 14.3. The normalized spacial score (nSPS) is 14.1. The van der Waals surface area contributed by atoms with Crippen molar-refractivity contribution in [2.24, 2.45) is 5.41 Å². The number of carboxylic acid groups (broad SMARTS) is 2. The van der Waals surface area contributed by atoms with Gasteiger partial charge in [-0.3, -0.25) is 9.59 Å². The number of carbonyl (C=O) groups is 2. The molecule has 0 radical (unpaired) electrons. The monoisotopic (exact) mass is 424 g/mol. The molecule has 30 heavy (non-hydrogen) atoms. The van der Waals surface area contributed by atoms with Crippen molar-refractivity contribution in [3.63, 3.8) is 0 Å². The number of aliphatic carboxylic acids is 2. The molecule has 0 saturated heterocycles. The molecule has 1 aliphatic rings. The van der Waals surface area contributed by atoms with Crippen molar-refractivity contribution in [2.75, 3.05) is 28.4 Å². The molecule has 0 fully saturated rings. The lowest BCUT2D eigenvalue weighted by Gasteiger charge is -2.24. The Kier molecular flexibility index (Phi) is 8.20. The Morgan fingerprint density at radius 1 is 0.733 bits per heavy atom. The van der Waals surface area contributed by atoms with Crippen LogP contribution in [0.2, 0.25) is 0 Å². The summed E-state index contributed by atoms with van der Waals surface area (Å²) in [5.74, 6) is 0.151. The molecule has 0 aromatic heterocycles. The zero-order valence-electron chi connectivity index (χ0n) is 18.2. The number of methoxy groups -OCH3 is 4. The second-order valence-corrected chi connectivity index (χ2v) is 7.69. The predicted molar refractivity (Wildman–Crippen MR) is 110 cm³/mol. The van der Waals surface area contributed by atoms with Crippen molar-refractivity contribution in [2.45, 2.75) is 57.8 Å². The van der Waals surface area contributed by atoms with E-state index >= 15 is 0 Å². The molecule has 0 saturated carbocycles. The van der Waals surface area contributed by atoms with Crippen molar-refractivity contribution < 1.29 is 38.7 Å². The molecule has 0 aliphatic heterocycles. The van der Waals surface area contributed by atoms with Crippen LogP contribution in [-0.2, 0) is 22.4 Å². The van der Waals surface area contributed by atoms with E-state index in [1.807, 2.05) is 0 Å². The Hall–Kier alpha value is -2.64. The molecule has 1 aromatic carbocycles. The largest absolute Gasteiger partial charge is 0.492 e. The number of fused-ring (bicyclic) bond motifs is 1. The van der Waals surface area contributed by atoms with Crippen LogP contribution in [-0.4, -0.2) is 50.6 Å². The highest BCUT2D eigenvalue weighted by atomic mass is 16.5. The van der Waals surface area contributed by atoms with Gasteiger partial charge in [-0.15, -0.1) is 0 Å². The first-order valence-corrected chi connectivity index (χ1v) is 10.2. The van der Waals surface area contributed by atoms with Crippen molar-refractivity contribution in [1.29, 1.82) is 0 Å². The van der Waals surface area contributed by atoms with Gasteiger partial charge in [0.1, 0.15) is 0 Å². The SMILES string of the molecule is COc1c2c(c(OC)c(OC)c1OC)CC(CCCCCCCC(=O)O)(C(=O)O)C2. The van der Waals surface area contributed by atoms with Crippen molar-refractivity contribution >= 4 is 11.9 Å². The number of rotatable bonds is 13. The minimum absolute atomic E-state index is 0.178. The molecule has 0 atom stereocenters. The molecular formula is C22H32O8. The van der Waals surface area contributed by atoms with Gasteiger partial charge in [-0.25, -0.2) is 0 Å². The lowest BCUT2D eigenvalue weighted by atomic mass is 9.79. The summed E-state index contributed by atoms with van der Waals surface area (Å²) in [7, 11) is 6.08. The van der Waals surface area contributed by atoms with Crippen molar-refractivity contribution in [3.8, 4) is 23.0 Å². The van der Waals surface area contributed by atoms with Crippen LogP contribution in [0.4, 0.5) is 0 Å². The molecule has 8 nitrogen and oxygen atoms in total. The van der Waals surface area contributed by atoms with Crippen LogP contribution in [0, 0.1) is 5.41 Å². The maximum atomic E-state index is 12.3. The molecule has 0 amide bonds. The van der Waals surface area contributed by atoms with Gasteiger partial charge in [0.15, 0.2) is 11.5 Å². The third-order valence-corrected chi connectivity index (χ3v) is 5.88. The smallest absolute Gasteiger partial charge is 0.310 e. The van der Waals surface area contributed by atoms with Gasteiger partial charge < -0.3 is 29.2 Å². The zero-order chi connectivity index (χ0) is 22.3. The van der Waals surface area contributed by atoms with Gasteiger partial charge in [-0.2, -0.15) is 0 Å². The summed E-state index contributed by atoms with van der Waals surface area (Å²) < 4.78 is 22.1. The van der Waals surface area contributed by atoms with Crippen LogP contribution in [0.5, 0.6) is 23.0 Å². The second-order valence-electron chi connectivity index (χ2n) is 7.69. The van der Waals surface area contributed by atoms with E-state index in [0.717, 1.165) is 36.8 Å². The van der Waals surface area contributed by atoms with Crippen LogP contribution in [0.1, 0.15) is 56.1 Å². The van der Waals surface area contributed by atoms with E-state index in [1.54, 1.807) is 0 Å². The molecule has 2 rings (SSSR count). The molecule has 0 heterocycles. The van der Waals surface area contributed by atoms with Gasteiger partial charge in [0, 0.05) is 17.5 Å². The summed E-state index contributed by atoms with van der Waals surface area (Å²) in [4.78, 5) is 22.9. The van der Waals surface area contributed by atoms with Crippen molar-refractivity contribution in [3.05, 3.63) is 11.1 Å². The van der Waals surface area contributed by atoms with Gasteiger partial charge in [-0.05, 0) is 25.7 Å². The van der Waals surface area contributed by atoms with E-state index < -0.39 is 17.4 Å². The Morgan fingerprint density at radius 2 is 1.17 bits per heavy atom. The van der Waals surface area contributed by atoms with Crippen molar-refractivity contribution in [1.82, 2.24) is 0 Å². The zero-order valence-corrected chi connectivity index (χ0v) is 18.2. The number of carboxylic acids is 2.